The first kappa shape index (κ1) is 3.60. The van der Waals surface area contributed by atoms with Crippen molar-refractivity contribution in [2.75, 3.05) is 13.2 Å². The minimum Gasteiger partial charge on any atom is -0.405 e. The van der Waals surface area contributed by atoms with Gasteiger partial charge >= 0.3 is 7.12 Å². The first-order valence-corrected chi connectivity index (χ1v) is 3.84. The van der Waals surface area contributed by atoms with Crippen LogP contribution in [-0.4, -0.2) is 20.3 Å². The molecule has 0 aromatic heterocycles. The molecule has 1 aromatic carbocycles. The van der Waals surface area contributed by atoms with Crippen LogP contribution in [0.5, 0.6) is 0 Å². The second-order valence-electron chi connectivity index (χ2n) is 2.34. The number of hydrogen-bond acceptors (Lipinski definition) is 2. The van der Waals surface area contributed by atoms with E-state index in [9.17, 15) is 0 Å². The van der Waals surface area contributed by atoms with Crippen LogP contribution in [-0.2, 0) is 9.31 Å². The topological polar surface area (TPSA) is 18.5 Å². The van der Waals surface area contributed by atoms with Gasteiger partial charge in [-0.05, 0) is 5.56 Å². The molecule has 0 N–H and O–H groups in total. The van der Waals surface area contributed by atoms with Crippen LogP contribution < -0.4 is 0 Å². The molecular weight excluding hydrogens is 163 g/mol. The van der Waals surface area contributed by atoms with Gasteiger partial charge in [0.05, 0.1) is 22.8 Å². The highest BCUT2D eigenvalue weighted by Crippen LogP contribution is 2.05. The fraction of sp³-hybridized carbons (Fsp3) is 0.200. The van der Waals surface area contributed by atoms with Gasteiger partial charge in [0.2, 0.25) is 0 Å². The minimum absolute atomic E-state index is 0.292. The van der Waals surface area contributed by atoms with Crippen molar-refractivity contribution in [3.05, 3.63) is 41.7 Å². The normalized spacial score (nSPS) is 26.2. The highest BCUT2D eigenvalue weighted by molar-refractivity contribution is 6.52. The van der Waals surface area contributed by atoms with E-state index in [-0.39, 0.29) is 11.5 Å². The Morgan fingerprint density at radius 2 is 2.00 bits per heavy atom. The third-order valence-electron chi connectivity index (χ3n) is 1.44. The third kappa shape index (κ3) is 2.44. The second-order valence-corrected chi connectivity index (χ2v) is 2.34. The molecule has 2 nitrogen and oxygen atoms in total. The van der Waals surface area contributed by atoms with Gasteiger partial charge in [0, 0.05) is 0 Å². The minimum atomic E-state index is -1.03. The molecule has 3 heteroatoms. The number of rotatable bonds is 2. The fourth-order valence-corrected chi connectivity index (χ4v) is 0.885. The Morgan fingerprint density at radius 1 is 1.31 bits per heavy atom. The lowest BCUT2D eigenvalue weighted by atomic mass is 9.89. The first-order valence-electron chi connectivity index (χ1n) is 7.34. The highest BCUT2D eigenvalue weighted by atomic mass is 16.6. The van der Waals surface area contributed by atoms with E-state index in [1.165, 1.54) is 0 Å². The zero-order valence-corrected chi connectivity index (χ0v) is 6.81. The summed E-state index contributed by atoms with van der Waals surface area (Å²) in [5.41, 5.74) is -0.319. The first-order chi connectivity index (χ1) is 9.36. The second kappa shape index (κ2) is 4.26. The summed E-state index contributed by atoms with van der Waals surface area (Å²) in [5, 5.41) is 0. The lowest BCUT2D eigenvalue weighted by Gasteiger charge is -1.95. The maximum atomic E-state index is 7.89. The van der Waals surface area contributed by atoms with Gasteiger partial charge in [-0.1, -0.05) is 42.2 Å². The average Bonchev–Trinajstić information content (AvgIpc) is 2.96. The lowest BCUT2D eigenvalue weighted by molar-refractivity contribution is 0.365. The molecule has 0 spiro atoms. The van der Waals surface area contributed by atoms with Crippen molar-refractivity contribution < 1.29 is 18.9 Å². The Hall–Kier alpha value is -1.06. The molecule has 2 rings (SSSR count). The Labute approximate surface area is 88.2 Å². The van der Waals surface area contributed by atoms with Gasteiger partial charge in [0.25, 0.3) is 0 Å². The van der Waals surface area contributed by atoms with Gasteiger partial charge in [0.1, 0.15) is 0 Å². The monoisotopic (exact) mass is 181 g/mol. The molecule has 0 atom stereocenters. The molecule has 1 aromatic rings. The van der Waals surface area contributed by atoms with Crippen LogP contribution in [0.25, 0.3) is 6.05 Å². The Balaban J connectivity index is 2.60. The summed E-state index contributed by atoms with van der Waals surface area (Å²) in [4.78, 5) is 0. The third-order valence-corrected chi connectivity index (χ3v) is 1.44. The molecule has 1 heterocycles. The molecule has 66 valence electrons. The SMILES string of the molecule is [2H]/C(B1OCCO1)=C(/[2H])c1c([2H])c([2H])c([2H])c([2H])c1[2H]. The van der Waals surface area contributed by atoms with Crippen LogP contribution in [0.4, 0.5) is 0 Å². The van der Waals surface area contributed by atoms with Crippen molar-refractivity contribution in [1.82, 2.24) is 0 Å². The number of benzene rings is 1. The summed E-state index contributed by atoms with van der Waals surface area (Å²) < 4.78 is 63.9. The van der Waals surface area contributed by atoms with E-state index in [0.29, 0.717) is 13.2 Å². The summed E-state index contributed by atoms with van der Waals surface area (Å²) in [6, 6.07) is -3.11. The van der Waals surface area contributed by atoms with Gasteiger partial charge < -0.3 is 9.31 Å². The van der Waals surface area contributed by atoms with Crippen molar-refractivity contribution >= 4 is 13.2 Å². The molecule has 1 aliphatic rings. The Bertz CT molecular complexity index is 554. The Kier molecular flexibility index (Phi) is 1.18. The summed E-state index contributed by atoms with van der Waals surface area (Å²) in [5.74, 6) is -0.360. The smallest absolute Gasteiger partial charge is 0.405 e. The van der Waals surface area contributed by atoms with Gasteiger partial charge in [-0.3, -0.25) is 0 Å². The van der Waals surface area contributed by atoms with Crippen LogP contribution in [0.15, 0.2) is 36.2 Å². The average molecular weight is 181 g/mol. The van der Waals surface area contributed by atoms with Crippen LogP contribution in [0.2, 0.25) is 0 Å². The molecule has 0 bridgehead atoms. The molecule has 0 saturated carbocycles. The molecule has 1 saturated heterocycles. The summed E-state index contributed by atoms with van der Waals surface area (Å²) in [6.45, 7) is 0.585. The predicted octanol–water partition coefficient (Wildman–Crippen LogP) is 1.77. The van der Waals surface area contributed by atoms with Crippen LogP contribution >= 0.6 is 0 Å². The van der Waals surface area contributed by atoms with E-state index in [0.717, 1.165) is 0 Å². The van der Waals surface area contributed by atoms with E-state index in [4.69, 9.17) is 18.9 Å². The van der Waals surface area contributed by atoms with Crippen molar-refractivity contribution in [3.63, 3.8) is 0 Å². The van der Waals surface area contributed by atoms with Crippen LogP contribution in [0, 0.1) is 0 Å². The van der Waals surface area contributed by atoms with E-state index in [2.05, 4.69) is 0 Å². The summed E-state index contributed by atoms with van der Waals surface area (Å²) >= 11 is 0. The Morgan fingerprint density at radius 3 is 2.69 bits per heavy atom. The molecule has 1 fully saturated rings. The molecule has 0 aliphatic carbocycles. The molecule has 1 aliphatic heterocycles. The summed E-state index contributed by atoms with van der Waals surface area (Å²) in [6.07, 6.45) is 0. The van der Waals surface area contributed by atoms with Gasteiger partial charge in [-0.15, -0.1) is 0 Å². The van der Waals surface area contributed by atoms with Crippen LogP contribution in [0.1, 0.15) is 15.2 Å². The largest absolute Gasteiger partial charge is 0.486 e. The predicted molar refractivity (Wildman–Crippen MR) is 53.1 cm³/mol. The van der Waals surface area contributed by atoms with Crippen LogP contribution in [0.3, 0.4) is 0 Å². The highest BCUT2D eigenvalue weighted by Gasteiger charge is 2.19. The number of hydrogen-bond donors (Lipinski definition) is 0. The van der Waals surface area contributed by atoms with Crippen molar-refractivity contribution in [3.8, 4) is 0 Å². The van der Waals surface area contributed by atoms with Crippen molar-refractivity contribution in [1.29, 1.82) is 0 Å². The molecular formula is C10H11BO2. The molecule has 0 radical (unpaired) electrons. The van der Waals surface area contributed by atoms with E-state index < -0.39 is 43.4 Å². The van der Waals surface area contributed by atoms with E-state index in [1.54, 1.807) is 0 Å². The van der Waals surface area contributed by atoms with E-state index in [1.807, 2.05) is 0 Å². The zero-order valence-electron chi connectivity index (χ0n) is 13.8. The summed E-state index contributed by atoms with van der Waals surface area (Å²) in [7, 11) is -1.03. The van der Waals surface area contributed by atoms with Gasteiger partial charge in [-0.2, -0.15) is 0 Å². The van der Waals surface area contributed by atoms with E-state index >= 15 is 0 Å². The van der Waals surface area contributed by atoms with Gasteiger partial charge in [-0.25, -0.2) is 0 Å². The lowest BCUT2D eigenvalue weighted by Crippen LogP contribution is -2.09. The van der Waals surface area contributed by atoms with Crippen molar-refractivity contribution in [2.24, 2.45) is 0 Å². The van der Waals surface area contributed by atoms with Gasteiger partial charge in [0.15, 0.2) is 0 Å². The maximum absolute atomic E-state index is 7.89. The van der Waals surface area contributed by atoms with Crippen molar-refractivity contribution in [2.45, 2.75) is 0 Å². The standard InChI is InChI=1S/C10H11BO2/c1-2-4-10(5-3-1)6-7-11-12-8-9-13-11/h1-7H,8-9H2/b7-6+/i1D,2D,3D,4D,5D,6D,7D. The molecule has 0 amide bonds. The maximum Gasteiger partial charge on any atom is 0.486 e. The zero-order chi connectivity index (χ0) is 15.0. The quantitative estimate of drug-likeness (QED) is 0.647. The molecule has 0 unspecified atom stereocenters. The molecule has 13 heavy (non-hydrogen) atoms. The fourth-order valence-electron chi connectivity index (χ4n) is 0.885.